The highest BCUT2D eigenvalue weighted by Gasteiger charge is 2.07. The summed E-state index contributed by atoms with van der Waals surface area (Å²) in [5.74, 6) is 0.715. The first-order valence-electron chi connectivity index (χ1n) is 3.37. The summed E-state index contributed by atoms with van der Waals surface area (Å²) in [6.45, 7) is -0.210. The van der Waals surface area contributed by atoms with Gasteiger partial charge in [0.2, 0.25) is 5.89 Å². The molecule has 0 atom stereocenters. The molecule has 0 bridgehead atoms. The van der Waals surface area contributed by atoms with Crippen molar-refractivity contribution in [2.45, 2.75) is 6.61 Å². The maximum atomic E-state index is 8.66. The third-order valence-electron chi connectivity index (χ3n) is 1.33. The van der Waals surface area contributed by atoms with Crippen LogP contribution in [0, 0.1) is 0 Å². The smallest absolute Gasteiger partial charge is 0.257 e. The molecule has 12 heavy (non-hydrogen) atoms. The molecule has 0 unspecified atom stereocenters. The summed E-state index contributed by atoms with van der Waals surface area (Å²) >= 11 is 1.52. The molecule has 62 valence electrons. The number of aromatic nitrogens is 2. The van der Waals surface area contributed by atoms with Gasteiger partial charge >= 0.3 is 0 Å². The average molecular weight is 182 g/mol. The van der Waals surface area contributed by atoms with Crippen LogP contribution in [0.1, 0.15) is 5.89 Å². The maximum Gasteiger partial charge on any atom is 0.257 e. The summed E-state index contributed by atoms with van der Waals surface area (Å²) in [6, 6.07) is 3.79. The number of aliphatic hydroxyl groups excluding tert-OH is 1. The van der Waals surface area contributed by atoms with Gasteiger partial charge in [0.25, 0.3) is 5.89 Å². The van der Waals surface area contributed by atoms with E-state index in [1.165, 1.54) is 11.3 Å². The van der Waals surface area contributed by atoms with Crippen LogP contribution in [0.15, 0.2) is 21.9 Å². The third-order valence-corrected chi connectivity index (χ3v) is 2.19. The number of rotatable bonds is 2. The molecule has 2 aromatic rings. The maximum absolute atomic E-state index is 8.66. The lowest BCUT2D eigenvalue weighted by Gasteiger charge is -1.84. The Kier molecular flexibility index (Phi) is 1.89. The van der Waals surface area contributed by atoms with Crippen molar-refractivity contribution >= 4 is 11.3 Å². The van der Waals surface area contributed by atoms with E-state index >= 15 is 0 Å². The lowest BCUT2D eigenvalue weighted by molar-refractivity contribution is 0.241. The van der Waals surface area contributed by atoms with Crippen molar-refractivity contribution in [3.05, 3.63) is 23.4 Å². The topological polar surface area (TPSA) is 59.2 Å². The highest BCUT2D eigenvalue weighted by Crippen LogP contribution is 2.22. The van der Waals surface area contributed by atoms with Crippen molar-refractivity contribution in [1.82, 2.24) is 10.2 Å². The van der Waals surface area contributed by atoms with E-state index in [1.807, 2.05) is 17.5 Å². The zero-order valence-electron chi connectivity index (χ0n) is 6.10. The summed E-state index contributed by atoms with van der Waals surface area (Å²) in [5.41, 5.74) is 0. The van der Waals surface area contributed by atoms with Gasteiger partial charge < -0.3 is 9.52 Å². The molecule has 0 aromatic carbocycles. The normalized spacial score (nSPS) is 10.4. The van der Waals surface area contributed by atoms with Crippen molar-refractivity contribution in [3.8, 4) is 10.8 Å². The second kappa shape index (κ2) is 3.04. The van der Waals surface area contributed by atoms with Crippen LogP contribution < -0.4 is 0 Å². The summed E-state index contributed by atoms with van der Waals surface area (Å²) in [5, 5.41) is 18.0. The molecule has 2 aromatic heterocycles. The van der Waals surface area contributed by atoms with Crippen molar-refractivity contribution in [1.29, 1.82) is 0 Å². The van der Waals surface area contributed by atoms with Gasteiger partial charge in [-0.1, -0.05) is 6.07 Å². The standard InChI is InChI=1S/C7H6N2O2S/c10-4-6-8-9-7(11-6)5-2-1-3-12-5/h1-3,10H,4H2. The van der Waals surface area contributed by atoms with Gasteiger partial charge in [0.1, 0.15) is 6.61 Å². The largest absolute Gasteiger partial charge is 0.417 e. The van der Waals surface area contributed by atoms with E-state index in [1.54, 1.807) is 0 Å². The first kappa shape index (κ1) is 7.45. The van der Waals surface area contributed by atoms with E-state index in [4.69, 9.17) is 9.52 Å². The number of hydrogen-bond acceptors (Lipinski definition) is 5. The quantitative estimate of drug-likeness (QED) is 0.760. The first-order chi connectivity index (χ1) is 5.90. The summed E-state index contributed by atoms with van der Waals surface area (Å²) in [6.07, 6.45) is 0. The fraction of sp³-hybridized carbons (Fsp3) is 0.143. The summed E-state index contributed by atoms with van der Waals surface area (Å²) in [4.78, 5) is 0.919. The summed E-state index contributed by atoms with van der Waals surface area (Å²) in [7, 11) is 0. The van der Waals surface area contributed by atoms with Crippen LogP contribution >= 0.6 is 11.3 Å². The minimum atomic E-state index is -0.210. The Hall–Kier alpha value is -1.20. The van der Waals surface area contributed by atoms with Crippen molar-refractivity contribution in [2.24, 2.45) is 0 Å². The molecule has 0 aliphatic carbocycles. The molecule has 1 N–H and O–H groups in total. The molecular formula is C7H6N2O2S. The Balaban J connectivity index is 2.35. The van der Waals surface area contributed by atoms with E-state index < -0.39 is 0 Å². The predicted molar refractivity (Wildman–Crippen MR) is 43.5 cm³/mol. The van der Waals surface area contributed by atoms with Crippen LogP contribution in [0.2, 0.25) is 0 Å². The molecule has 0 saturated heterocycles. The van der Waals surface area contributed by atoms with Gasteiger partial charge in [-0.2, -0.15) is 0 Å². The second-order valence-electron chi connectivity index (χ2n) is 2.14. The lowest BCUT2D eigenvalue weighted by Crippen LogP contribution is -1.79. The number of aliphatic hydroxyl groups is 1. The Morgan fingerprint density at radius 3 is 3.00 bits per heavy atom. The third kappa shape index (κ3) is 1.24. The Labute approximate surface area is 72.5 Å². The lowest BCUT2D eigenvalue weighted by atomic mass is 10.5. The molecule has 2 rings (SSSR count). The van der Waals surface area contributed by atoms with Crippen LogP contribution in [0.4, 0.5) is 0 Å². The molecule has 5 heteroatoms. The van der Waals surface area contributed by atoms with Crippen LogP contribution in [-0.2, 0) is 6.61 Å². The molecule has 0 aliphatic rings. The molecule has 4 nitrogen and oxygen atoms in total. The number of hydrogen-bond donors (Lipinski definition) is 1. The molecule has 0 fully saturated rings. The van der Waals surface area contributed by atoms with Gasteiger partial charge in [0, 0.05) is 0 Å². The zero-order valence-corrected chi connectivity index (χ0v) is 6.91. The van der Waals surface area contributed by atoms with Crippen LogP contribution in [0.5, 0.6) is 0 Å². The van der Waals surface area contributed by atoms with Crippen LogP contribution in [0.25, 0.3) is 10.8 Å². The first-order valence-corrected chi connectivity index (χ1v) is 4.25. The van der Waals surface area contributed by atoms with Gasteiger partial charge in [-0.3, -0.25) is 0 Å². The molecule has 0 aliphatic heterocycles. The van der Waals surface area contributed by atoms with Crippen molar-refractivity contribution < 1.29 is 9.52 Å². The van der Waals surface area contributed by atoms with E-state index in [0.29, 0.717) is 5.89 Å². The van der Waals surface area contributed by atoms with Gasteiger partial charge in [-0.05, 0) is 11.4 Å². The van der Waals surface area contributed by atoms with E-state index in [-0.39, 0.29) is 12.5 Å². The Morgan fingerprint density at radius 1 is 1.50 bits per heavy atom. The molecule has 0 radical (unpaired) electrons. The molecule has 2 heterocycles. The van der Waals surface area contributed by atoms with Crippen molar-refractivity contribution in [2.75, 3.05) is 0 Å². The fourth-order valence-electron chi connectivity index (χ4n) is 0.817. The minimum absolute atomic E-state index is 0.210. The zero-order chi connectivity index (χ0) is 8.39. The molecular weight excluding hydrogens is 176 g/mol. The van der Waals surface area contributed by atoms with Gasteiger partial charge in [-0.25, -0.2) is 0 Å². The monoisotopic (exact) mass is 182 g/mol. The molecule has 0 amide bonds. The van der Waals surface area contributed by atoms with E-state index in [9.17, 15) is 0 Å². The molecule has 0 spiro atoms. The number of thiophene rings is 1. The molecule has 0 saturated carbocycles. The highest BCUT2D eigenvalue weighted by molar-refractivity contribution is 7.13. The van der Waals surface area contributed by atoms with Gasteiger partial charge in [-0.15, -0.1) is 21.5 Å². The summed E-state index contributed by atoms with van der Waals surface area (Å²) < 4.78 is 5.12. The SMILES string of the molecule is OCc1nnc(-c2cccs2)o1. The Bertz CT molecular complexity index is 355. The minimum Gasteiger partial charge on any atom is -0.417 e. The highest BCUT2D eigenvalue weighted by atomic mass is 32.1. The second-order valence-corrected chi connectivity index (χ2v) is 3.08. The van der Waals surface area contributed by atoms with Crippen LogP contribution in [-0.4, -0.2) is 15.3 Å². The predicted octanol–water partition coefficient (Wildman–Crippen LogP) is 1.29. The van der Waals surface area contributed by atoms with Crippen molar-refractivity contribution in [3.63, 3.8) is 0 Å². The Morgan fingerprint density at radius 2 is 2.42 bits per heavy atom. The fourth-order valence-corrected chi connectivity index (χ4v) is 1.46. The van der Waals surface area contributed by atoms with E-state index in [0.717, 1.165) is 4.88 Å². The average Bonchev–Trinajstić information content (AvgIpc) is 2.75. The van der Waals surface area contributed by atoms with Crippen LogP contribution in [0.3, 0.4) is 0 Å². The van der Waals surface area contributed by atoms with Gasteiger partial charge in [0.15, 0.2) is 0 Å². The van der Waals surface area contributed by atoms with Gasteiger partial charge in [0.05, 0.1) is 4.88 Å². The number of nitrogens with zero attached hydrogens (tertiary/aromatic N) is 2. The van der Waals surface area contributed by atoms with E-state index in [2.05, 4.69) is 10.2 Å².